The number of hydrogen-bond acceptors (Lipinski definition) is 9. The van der Waals surface area contributed by atoms with Crippen LogP contribution in [0.1, 0.15) is 24.5 Å². The minimum absolute atomic E-state index is 0.0601. The molecule has 200 valence electrons. The highest BCUT2D eigenvalue weighted by Crippen LogP contribution is 2.31. The highest BCUT2D eigenvalue weighted by molar-refractivity contribution is 5.76. The van der Waals surface area contributed by atoms with Gasteiger partial charge in [-0.1, -0.05) is 0 Å². The van der Waals surface area contributed by atoms with Gasteiger partial charge in [-0.25, -0.2) is 10.1 Å². The van der Waals surface area contributed by atoms with Crippen LogP contribution in [-0.4, -0.2) is 84.6 Å². The molecule has 0 bridgehead atoms. The number of nitriles is 1. The first kappa shape index (κ1) is 27.9. The topological polar surface area (TPSA) is 136 Å². The van der Waals surface area contributed by atoms with Crippen molar-refractivity contribution >= 4 is 17.4 Å². The zero-order chi connectivity index (χ0) is 27.0. The summed E-state index contributed by atoms with van der Waals surface area (Å²) in [5.41, 5.74) is -2.76. The van der Waals surface area contributed by atoms with Gasteiger partial charge in [0.25, 0.3) is 5.56 Å². The fraction of sp³-hybridized carbons (Fsp3) is 0.522. The van der Waals surface area contributed by atoms with Crippen molar-refractivity contribution in [3.63, 3.8) is 0 Å². The number of rotatable bonds is 10. The van der Waals surface area contributed by atoms with Crippen molar-refractivity contribution < 1.29 is 27.4 Å². The Balaban J connectivity index is 1.49. The normalized spacial score (nSPS) is 15.7. The van der Waals surface area contributed by atoms with E-state index in [1.54, 1.807) is 29.1 Å². The second kappa shape index (κ2) is 12.5. The lowest BCUT2D eigenvalue weighted by atomic mass is 10.1. The number of carbonyl (C=O) groups is 1. The van der Waals surface area contributed by atoms with Crippen LogP contribution in [0.5, 0.6) is 0 Å². The first-order valence-electron chi connectivity index (χ1n) is 11.5. The molecular weight excluding hydrogens is 495 g/mol. The van der Waals surface area contributed by atoms with Crippen LogP contribution in [0, 0.1) is 11.3 Å². The lowest BCUT2D eigenvalue weighted by molar-refractivity contribution is -0.138. The van der Waals surface area contributed by atoms with E-state index in [-0.39, 0.29) is 25.5 Å². The van der Waals surface area contributed by atoms with Gasteiger partial charge in [-0.3, -0.25) is 9.59 Å². The standard InChI is InChI=1S/C23H28F3N7O4/c1-15(36-2)18(30-17-13-29-31-22(35)21(17)23(24,25)26)14-37-10-5-20(34)33-8-6-32(7-9-33)19-4-3-16(11-27)12-28-19/h3-4,12-13,15,18H,5-10,14H2,1-2H3,(H2,30,31,35)/t15?,18-/m1/s1. The number of nitrogens with one attached hydrogen (secondary N) is 2. The molecule has 2 atom stereocenters. The highest BCUT2D eigenvalue weighted by atomic mass is 19.4. The Bertz CT molecular complexity index is 1140. The van der Waals surface area contributed by atoms with Crippen molar-refractivity contribution in [1.82, 2.24) is 20.1 Å². The average Bonchev–Trinajstić information content (AvgIpc) is 2.89. The summed E-state index contributed by atoms with van der Waals surface area (Å²) in [5, 5.41) is 16.8. The zero-order valence-corrected chi connectivity index (χ0v) is 20.4. The van der Waals surface area contributed by atoms with E-state index in [0.717, 1.165) is 12.0 Å². The first-order valence-corrected chi connectivity index (χ1v) is 11.5. The average molecular weight is 524 g/mol. The molecule has 1 fully saturated rings. The number of anilines is 2. The van der Waals surface area contributed by atoms with Crippen LogP contribution >= 0.6 is 0 Å². The molecule has 37 heavy (non-hydrogen) atoms. The monoisotopic (exact) mass is 523 g/mol. The van der Waals surface area contributed by atoms with E-state index in [0.29, 0.717) is 31.7 Å². The SMILES string of the molecule is COC(C)[C@@H](COCCC(=O)N1CCN(c2ccc(C#N)cn2)CC1)Nc1cn[nH]c(=O)c1C(F)(F)F. The molecule has 3 rings (SSSR count). The van der Waals surface area contributed by atoms with Crippen molar-refractivity contribution in [3.8, 4) is 6.07 Å². The van der Waals surface area contributed by atoms with Crippen LogP contribution in [-0.2, 0) is 20.4 Å². The number of amides is 1. The van der Waals surface area contributed by atoms with Crippen molar-refractivity contribution in [2.45, 2.75) is 31.7 Å². The molecule has 0 aliphatic carbocycles. The van der Waals surface area contributed by atoms with Crippen LogP contribution < -0.4 is 15.8 Å². The lowest BCUT2D eigenvalue weighted by Gasteiger charge is -2.35. The van der Waals surface area contributed by atoms with Gasteiger partial charge in [-0.05, 0) is 19.1 Å². The number of aromatic nitrogens is 3. The number of ether oxygens (including phenoxy) is 2. The molecule has 2 aromatic heterocycles. The summed E-state index contributed by atoms with van der Waals surface area (Å²) < 4.78 is 50.9. The Morgan fingerprint density at radius 2 is 2.00 bits per heavy atom. The van der Waals surface area contributed by atoms with E-state index in [1.165, 1.54) is 13.3 Å². The van der Waals surface area contributed by atoms with Crippen LogP contribution in [0.4, 0.5) is 24.7 Å². The number of alkyl halides is 3. The molecule has 1 saturated heterocycles. The van der Waals surface area contributed by atoms with E-state index < -0.39 is 35.1 Å². The zero-order valence-electron chi connectivity index (χ0n) is 20.4. The van der Waals surface area contributed by atoms with E-state index in [4.69, 9.17) is 14.7 Å². The number of H-pyrrole nitrogens is 1. The van der Waals surface area contributed by atoms with Gasteiger partial charge >= 0.3 is 6.18 Å². The van der Waals surface area contributed by atoms with Gasteiger partial charge in [0.2, 0.25) is 5.91 Å². The van der Waals surface area contributed by atoms with Crippen molar-refractivity contribution in [1.29, 1.82) is 5.26 Å². The molecule has 0 radical (unpaired) electrons. The molecule has 1 aliphatic rings. The molecule has 2 aromatic rings. The number of aromatic amines is 1. The van der Waals surface area contributed by atoms with E-state index >= 15 is 0 Å². The number of halogens is 3. The maximum absolute atomic E-state index is 13.4. The lowest BCUT2D eigenvalue weighted by Crippen LogP contribution is -2.49. The Morgan fingerprint density at radius 3 is 2.59 bits per heavy atom. The van der Waals surface area contributed by atoms with Gasteiger partial charge in [0.05, 0.1) is 49.2 Å². The van der Waals surface area contributed by atoms with Gasteiger partial charge in [0.15, 0.2) is 0 Å². The molecule has 0 aromatic carbocycles. The number of methoxy groups -OCH3 is 1. The van der Waals surface area contributed by atoms with Gasteiger partial charge in [0, 0.05) is 39.5 Å². The van der Waals surface area contributed by atoms with E-state index in [2.05, 4.69) is 15.4 Å². The van der Waals surface area contributed by atoms with Crippen molar-refractivity contribution in [2.75, 3.05) is 56.7 Å². The fourth-order valence-corrected chi connectivity index (χ4v) is 3.80. The van der Waals surface area contributed by atoms with Crippen LogP contribution in [0.3, 0.4) is 0 Å². The van der Waals surface area contributed by atoms with Gasteiger partial charge < -0.3 is 24.6 Å². The summed E-state index contributed by atoms with van der Waals surface area (Å²) in [6.07, 6.45) is -2.96. The second-order valence-corrected chi connectivity index (χ2v) is 8.39. The summed E-state index contributed by atoms with van der Waals surface area (Å²) in [6, 6.07) is 4.75. The predicted molar refractivity (Wildman–Crippen MR) is 127 cm³/mol. The van der Waals surface area contributed by atoms with Crippen molar-refractivity contribution in [2.24, 2.45) is 0 Å². The summed E-state index contributed by atoms with van der Waals surface area (Å²) in [7, 11) is 1.40. The molecular formula is C23H28F3N7O4. The van der Waals surface area contributed by atoms with E-state index in [1.807, 2.05) is 11.0 Å². The maximum atomic E-state index is 13.4. The second-order valence-electron chi connectivity index (χ2n) is 8.39. The Kier molecular flexibility index (Phi) is 9.42. The molecule has 11 nitrogen and oxygen atoms in total. The molecule has 1 amide bonds. The number of carbonyl (C=O) groups excluding carboxylic acids is 1. The van der Waals surface area contributed by atoms with Gasteiger partial charge in [-0.2, -0.15) is 23.5 Å². The first-order chi connectivity index (χ1) is 17.6. The smallest absolute Gasteiger partial charge is 0.380 e. The molecule has 2 N–H and O–H groups in total. The number of pyridine rings is 1. The molecule has 1 aliphatic heterocycles. The minimum Gasteiger partial charge on any atom is -0.380 e. The molecule has 0 spiro atoms. The predicted octanol–water partition coefficient (Wildman–Crippen LogP) is 1.63. The van der Waals surface area contributed by atoms with Crippen molar-refractivity contribution in [3.05, 3.63) is 46.0 Å². The number of piperazine rings is 1. The maximum Gasteiger partial charge on any atom is 0.423 e. The molecule has 1 unspecified atom stereocenters. The van der Waals surface area contributed by atoms with Crippen LogP contribution in [0.15, 0.2) is 29.3 Å². The summed E-state index contributed by atoms with van der Waals surface area (Å²) in [6.45, 7) is 3.82. The summed E-state index contributed by atoms with van der Waals surface area (Å²) in [4.78, 5) is 32.3. The number of hydrogen-bond donors (Lipinski definition) is 2. The third kappa shape index (κ3) is 7.40. The third-order valence-electron chi connectivity index (χ3n) is 6.01. The largest absolute Gasteiger partial charge is 0.423 e. The Labute approximate surface area is 211 Å². The Morgan fingerprint density at radius 1 is 1.27 bits per heavy atom. The minimum atomic E-state index is -4.88. The van der Waals surface area contributed by atoms with Gasteiger partial charge in [0.1, 0.15) is 17.5 Å². The molecule has 14 heteroatoms. The van der Waals surface area contributed by atoms with Gasteiger partial charge in [-0.15, -0.1) is 0 Å². The van der Waals surface area contributed by atoms with E-state index in [9.17, 15) is 22.8 Å². The van der Waals surface area contributed by atoms with Crippen LogP contribution in [0.2, 0.25) is 0 Å². The quantitative estimate of drug-likeness (QED) is 0.445. The molecule has 0 saturated carbocycles. The Hall–Kier alpha value is -3.70. The summed E-state index contributed by atoms with van der Waals surface area (Å²) >= 11 is 0. The summed E-state index contributed by atoms with van der Waals surface area (Å²) in [5.74, 6) is 0.638. The number of nitrogens with zero attached hydrogens (tertiary/aromatic N) is 5. The fourth-order valence-electron chi connectivity index (χ4n) is 3.80. The molecule has 3 heterocycles. The third-order valence-corrected chi connectivity index (χ3v) is 6.01. The highest BCUT2D eigenvalue weighted by Gasteiger charge is 2.38. The van der Waals surface area contributed by atoms with Crippen LogP contribution in [0.25, 0.3) is 0 Å².